The van der Waals surface area contributed by atoms with E-state index in [-0.39, 0.29) is 23.9 Å². The van der Waals surface area contributed by atoms with E-state index in [0.29, 0.717) is 24.0 Å². The molecule has 2 aromatic rings. The van der Waals surface area contributed by atoms with Crippen molar-refractivity contribution in [1.82, 2.24) is 5.32 Å². The van der Waals surface area contributed by atoms with Gasteiger partial charge in [-0.3, -0.25) is 9.59 Å². The fraction of sp³-hybridized carbons (Fsp3) is 0.611. The van der Waals surface area contributed by atoms with E-state index in [4.69, 9.17) is 0 Å². The number of unbranched alkanes of at least 4 members (excludes halogenated alkanes) is 4. The van der Waals surface area contributed by atoms with Crippen molar-refractivity contribution in [3.8, 4) is 5.75 Å². The van der Waals surface area contributed by atoms with Crippen LogP contribution in [0.2, 0.25) is 0 Å². The van der Waals surface area contributed by atoms with Gasteiger partial charge < -0.3 is 20.6 Å². The molecule has 0 saturated carbocycles. The van der Waals surface area contributed by atoms with Gasteiger partial charge in [0.05, 0.1) is 12.1 Å². The van der Waals surface area contributed by atoms with E-state index in [1.807, 2.05) is 20.8 Å². The number of phenolic OH excluding ortho intramolecular Hbond substituents is 1. The molecule has 0 aliphatic rings. The lowest BCUT2D eigenvalue weighted by molar-refractivity contribution is -0.00830. The normalized spacial score (nSPS) is 13.4. The molecule has 4 unspecified atom stereocenters. The van der Waals surface area contributed by atoms with Crippen LogP contribution in [0, 0.1) is 12.8 Å². The first kappa shape index (κ1) is 39.3. The molecule has 0 aliphatic carbocycles. The topological polar surface area (TPSA) is 107 Å². The third-order valence-corrected chi connectivity index (χ3v) is 7.30. The van der Waals surface area contributed by atoms with Gasteiger partial charge in [0.25, 0.3) is 5.91 Å². The fourth-order valence-corrected chi connectivity index (χ4v) is 3.96. The number of aliphatic hydroxyl groups is 2. The van der Waals surface area contributed by atoms with Crippen LogP contribution in [-0.2, 0) is 6.42 Å². The van der Waals surface area contributed by atoms with E-state index in [1.165, 1.54) is 25.7 Å². The van der Waals surface area contributed by atoms with Crippen molar-refractivity contribution in [1.29, 1.82) is 0 Å². The number of aryl methyl sites for hydroxylation is 1. The highest BCUT2D eigenvalue weighted by Gasteiger charge is 2.28. The zero-order valence-electron chi connectivity index (χ0n) is 27.6. The number of phenols is 1. The molecular weight excluding hydrogens is 526 g/mol. The predicted octanol–water partition coefficient (Wildman–Crippen LogP) is 8.19. The Morgan fingerprint density at radius 3 is 1.83 bits per heavy atom. The van der Waals surface area contributed by atoms with Crippen LogP contribution in [-0.4, -0.2) is 45.3 Å². The Labute approximate surface area is 256 Å². The minimum absolute atomic E-state index is 0.00715. The summed E-state index contributed by atoms with van der Waals surface area (Å²) in [5.41, 5.74) is 2.44. The molecule has 0 heterocycles. The maximum absolute atomic E-state index is 13.2. The van der Waals surface area contributed by atoms with Gasteiger partial charge in [-0.25, -0.2) is 0 Å². The standard InChI is InChI=1S/C28H39NO5.2C4H10/c1-5-7-8-9-25(31)27(33)24(16-20-10-12-23(30)13-11-20)29-28(34)22-15-18(3)14-21(17-22)26(32)19(4)6-2;2*1-3-4-2/h10-15,17,19,24-25,27,30-31,33H,5-9,16H2,1-4H3,(H,29,34);2*3-4H2,1-2H3. The van der Waals surface area contributed by atoms with E-state index in [2.05, 4.69) is 39.9 Å². The maximum atomic E-state index is 13.2. The molecule has 6 nitrogen and oxygen atoms in total. The summed E-state index contributed by atoms with van der Waals surface area (Å²) in [6.07, 6.45) is 7.31. The maximum Gasteiger partial charge on any atom is 0.251 e. The minimum atomic E-state index is -1.17. The molecule has 42 heavy (non-hydrogen) atoms. The summed E-state index contributed by atoms with van der Waals surface area (Å²) in [4.78, 5) is 25.9. The molecule has 1 amide bonds. The largest absolute Gasteiger partial charge is 0.508 e. The van der Waals surface area contributed by atoms with Crippen molar-refractivity contribution in [2.75, 3.05) is 0 Å². The Hall–Kier alpha value is -2.70. The van der Waals surface area contributed by atoms with Gasteiger partial charge >= 0.3 is 0 Å². The summed E-state index contributed by atoms with van der Waals surface area (Å²) in [7, 11) is 0. The zero-order chi connectivity index (χ0) is 32.1. The summed E-state index contributed by atoms with van der Waals surface area (Å²) < 4.78 is 0. The molecule has 0 spiro atoms. The Bertz CT molecular complexity index is 996. The van der Waals surface area contributed by atoms with Crippen LogP contribution in [0.5, 0.6) is 5.75 Å². The number of aromatic hydroxyl groups is 1. The molecule has 0 fully saturated rings. The van der Waals surface area contributed by atoms with Crippen molar-refractivity contribution in [3.05, 3.63) is 64.7 Å². The first-order chi connectivity index (χ1) is 20.0. The van der Waals surface area contributed by atoms with Crippen molar-refractivity contribution < 1.29 is 24.9 Å². The molecule has 2 aromatic carbocycles. The first-order valence-electron chi connectivity index (χ1n) is 16.1. The second-order valence-electron chi connectivity index (χ2n) is 11.3. The highest BCUT2D eigenvalue weighted by atomic mass is 16.3. The van der Waals surface area contributed by atoms with Gasteiger partial charge in [0.15, 0.2) is 5.78 Å². The minimum Gasteiger partial charge on any atom is -0.508 e. The number of rotatable bonds is 15. The van der Waals surface area contributed by atoms with Gasteiger partial charge in [0, 0.05) is 17.0 Å². The highest BCUT2D eigenvalue weighted by molar-refractivity contribution is 6.01. The van der Waals surface area contributed by atoms with Gasteiger partial charge in [-0.2, -0.15) is 0 Å². The molecule has 0 aromatic heterocycles. The van der Waals surface area contributed by atoms with E-state index >= 15 is 0 Å². The lowest BCUT2D eigenvalue weighted by Crippen LogP contribution is -2.49. The van der Waals surface area contributed by atoms with Gasteiger partial charge in [0.1, 0.15) is 11.9 Å². The quantitative estimate of drug-likeness (QED) is 0.125. The lowest BCUT2D eigenvalue weighted by atomic mass is 9.93. The zero-order valence-corrected chi connectivity index (χ0v) is 27.6. The van der Waals surface area contributed by atoms with Crippen molar-refractivity contribution in [2.24, 2.45) is 5.92 Å². The number of ketones is 1. The van der Waals surface area contributed by atoms with Crippen LogP contribution < -0.4 is 5.32 Å². The number of Topliss-reactive ketones (excluding diaryl/α,β-unsaturated/α-hetero) is 1. The summed E-state index contributed by atoms with van der Waals surface area (Å²) in [5.74, 6) is -0.430. The van der Waals surface area contributed by atoms with Crippen LogP contribution in [0.1, 0.15) is 138 Å². The van der Waals surface area contributed by atoms with E-state index in [9.17, 15) is 24.9 Å². The molecule has 4 atom stereocenters. The third kappa shape index (κ3) is 15.5. The number of hydrogen-bond donors (Lipinski definition) is 4. The Kier molecular flexibility index (Phi) is 21.4. The number of aliphatic hydroxyl groups excluding tert-OH is 2. The SMILES string of the molecule is CCCC.CCCC.CCCCCC(O)C(O)C(Cc1ccc(O)cc1)NC(=O)c1cc(C)cc(C(=O)C(C)CC)c1. The number of nitrogens with one attached hydrogen (secondary N) is 1. The van der Waals surface area contributed by atoms with Gasteiger partial charge in [-0.1, -0.05) is 106 Å². The number of benzene rings is 2. The monoisotopic (exact) mass is 585 g/mol. The van der Waals surface area contributed by atoms with Crippen LogP contribution in [0.15, 0.2) is 42.5 Å². The molecule has 0 bridgehead atoms. The van der Waals surface area contributed by atoms with Crippen molar-refractivity contribution >= 4 is 11.7 Å². The van der Waals surface area contributed by atoms with Crippen LogP contribution >= 0.6 is 0 Å². The molecule has 4 N–H and O–H groups in total. The summed E-state index contributed by atoms with van der Waals surface area (Å²) >= 11 is 0. The molecule has 6 heteroatoms. The third-order valence-electron chi connectivity index (χ3n) is 7.30. The Balaban J connectivity index is 0.00000186. The number of amides is 1. The van der Waals surface area contributed by atoms with Crippen LogP contribution in [0.25, 0.3) is 0 Å². The average Bonchev–Trinajstić information content (AvgIpc) is 3.00. The summed E-state index contributed by atoms with van der Waals surface area (Å²) in [5, 5.41) is 34.0. The second-order valence-corrected chi connectivity index (χ2v) is 11.3. The molecule has 2 rings (SSSR count). The lowest BCUT2D eigenvalue weighted by Gasteiger charge is -2.28. The van der Waals surface area contributed by atoms with E-state index in [1.54, 1.807) is 42.5 Å². The molecule has 238 valence electrons. The number of carbonyl (C=O) groups is 2. The first-order valence-corrected chi connectivity index (χ1v) is 16.1. The van der Waals surface area contributed by atoms with Crippen LogP contribution in [0.4, 0.5) is 0 Å². The number of carbonyl (C=O) groups excluding carboxylic acids is 2. The van der Waals surface area contributed by atoms with Gasteiger partial charge in [-0.05, 0) is 67.6 Å². The molecule has 0 radical (unpaired) electrons. The number of hydrogen-bond acceptors (Lipinski definition) is 5. The van der Waals surface area contributed by atoms with Gasteiger partial charge in [0.2, 0.25) is 0 Å². The van der Waals surface area contributed by atoms with Gasteiger partial charge in [-0.15, -0.1) is 0 Å². The van der Waals surface area contributed by atoms with E-state index in [0.717, 1.165) is 30.4 Å². The molecule has 0 saturated heterocycles. The Morgan fingerprint density at radius 2 is 1.33 bits per heavy atom. The predicted molar refractivity (Wildman–Crippen MR) is 175 cm³/mol. The molecule has 0 aliphatic heterocycles. The molecular formula is C36H59NO5. The highest BCUT2D eigenvalue weighted by Crippen LogP contribution is 2.19. The summed E-state index contributed by atoms with van der Waals surface area (Å²) in [6, 6.07) is 10.9. The van der Waals surface area contributed by atoms with E-state index < -0.39 is 24.2 Å². The van der Waals surface area contributed by atoms with Crippen molar-refractivity contribution in [2.45, 2.75) is 138 Å². The fourth-order valence-electron chi connectivity index (χ4n) is 3.96. The Morgan fingerprint density at radius 1 is 0.786 bits per heavy atom. The second kappa shape index (κ2) is 22.8. The van der Waals surface area contributed by atoms with Crippen molar-refractivity contribution in [3.63, 3.8) is 0 Å². The van der Waals surface area contributed by atoms with Crippen LogP contribution in [0.3, 0.4) is 0 Å². The summed E-state index contributed by atoms with van der Waals surface area (Å²) in [6.45, 7) is 16.4. The smallest absolute Gasteiger partial charge is 0.251 e. The average molecular weight is 586 g/mol.